The van der Waals surface area contributed by atoms with E-state index in [1.807, 2.05) is 0 Å². The lowest BCUT2D eigenvalue weighted by molar-refractivity contribution is -0.115. The van der Waals surface area contributed by atoms with E-state index >= 15 is 0 Å². The van der Waals surface area contributed by atoms with Crippen LogP contribution in [0.25, 0.3) is 0 Å². The maximum atomic E-state index is 12.9. The van der Waals surface area contributed by atoms with Gasteiger partial charge < -0.3 is 19.5 Å². The largest absolute Gasteiger partial charge is 0.493 e. The van der Waals surface area contributed by atoms with Crippen LogP contribution in [0.1, 0.15) is 5.56 Å². The van der Waals surface area contributed by atoms with Crippen molar-refractivity contribution in [2.24, 2.45) is 0 Å². The number of hydrogen-bond acceptors (Lipinski definition) is 4. The zero-order valence-corrected chi connectivity index (χ0v) is 13.2. The van der Waals surface area contributed by atoms with Crippen LogP contribution in [-0.4, -0.2) is 27.2 Å². The fourth-order valence-electron chi connectivity index (χ4n) is 2.21. The molecule has 0 bridgehead atoms. The highest BCUT2D eigenvalue weighted by atomic mass is 19.1. The molecular weight excluding hydrogens is 301 g/mol. The minimum atomic E-state index is -0.357. The van der Waals surface area contributed by atoms with Crippen molar-refractivity contribution in [1.82, 2.24) is 0 Å². The molecule has 0 fully saturated rings. The fourth-order valence-corrected chi connectivity index (χ4v) is 2.21. The molecule has 2 aromatic carbocycles. The van der Waals surface area contributed by atoms with E-state index in [0.717, 1.165) is 0 Å². The van der Waals surface area contributed by atoms with Crippen LogP contribution in [-0.2, 0) is 11.2 Å². The summed E-state index contributed by atoms with van der Waals surface area (Å²) in [6.45, 7) is 0. The minimum absolute atomic E-state index is 0.0842. The molecule has 0 spiro atoms. The molecule has 0 unspecified atom stereocenters. The van der Waals surface area contributed by atoms with Gasteiger partial charge in [-0.3, -0.25) is 4.79 Å². The van der Waals surface area contributed by atoms with Crippen LogP contribution in [0.15, 0.2) is 36.4 Å². The van der Waals surface area contributed by atoms with E-state index in [1.54, 1.807) is 12.1 Å². The van der Waals surface area contributed by atoms with Crippen molar-refractivity contribution in [1.29, 1.82) is 0 Å². The predicted octanol–water partition coefficient (Wildman–Crippen LogP) is 3.03. The van der Waals surface area contributed by atoms with E-state index in [2.05, 4.69) is 5.32 Å². The molecule has 122 valence electrons. The standard InChI is InChI=1S/C17H18FNO4/c1-21-14-9-4-11(16(22-2)17(14)23-3)10-15(20)19-13-7-5-12(18)6-8-13/h4-9H,10H2,1-3H3,(H,19,20). The van der Waals surface area contributed by atoms with Crippen molar-refractivity contribution in [2.75, 3.05) is 26.6 Å². The summed E-state index contributed by atoms with van der Waals surface area (Å²) in [6, 6.07) is 9.02. The van der Waals surface area contributed by atoms with E-state index in [0.29, 0.717) is 28.5 Å². The van der Waals surface area contributed by atoms with Crippen molar-refractivity contribution >= 4 is 11.6 Å². The first-order chi connectivity index (χ1) is 11.1. The van der Waals surface area contributed by atoms with Crippen molar-refractivity contribution in [3.05, 3.63) is 47.8 Å². The number of halogens is 1. The Kier molecular flexibility index (Phi) is 5.41. The van der Waals surface area contributed by atoms with Gasteiger partial charge in [0.15, 0.2) is 11.5 Å². The van der Waals surface area contributed by atoms with Crippen LogP contribution in [0, 0.1) is 5.82 Å². The number of rotatable bonds is 6. The zero-order valence-electron chi connectivity index (χ0n) is 13.2. The lowest BCUT2D eigenvalue weighted by Crippen LogP contribution is -2.15. The smallest absolute Gasteiger partial charge is 0.228 e. The highest BCUT2D eigenvalue weighted by molar-refractivity contribution is 5.92. The van der Waals surface area contributed by atoms with Gasteiger partial charge in [-0.15, -0.1) is 0 Å². The first-order valence-electron chi connectivity index (χ1n) is 6.92. The van der Waals surface area contributed by atoms with E-state index < -0.39 is 0 Å². The number of carbonyl (C=O) groups is 1. The van der Waals surface area contributed by atoms with Crippen LogP contribution in [0.3, 0.4) is 0 Å². The first kappa shape index (κ1) is 16.6. The van der Waals surface area contributed by atoms with Gasteiger partial charge >= 0.3 is 0 Å². The Bertz CT molecular complexity index is 686. The number of hydrogen-bond donors (Lipinski definition) is 1. The fraction of sp³-hybridized carbons (Fsp3) is 0.235. The van der Waals surface area contributed by atoms with Crippen LogP contribution >= 0.6 is 0 Å². The molecule has 0 radical (unpaired) electrons. The monoisotopic (exact) mass is 319 g/mol. The molecule has 23 heavy (non-hydrogen) atoms. The molecule has 0 aliphatic heterocycles. The van der Waals surface area contributed by atoms with E-state index in [4.69, 9.17) is 14.2 Å². The van der Waals surface area contributed by atoms with Crippen LogP contribution in [0.5, 0.6) is 17.2 Å². The highest BCUT2D eigenvalue weighted by Gasteiger charge is 2.17. The first-order valence-corrected chi connectivity index (χ1v) is 6.92. The van der Waals surface area contributed by atoms with Gasteiger partial charge in [-0.2, -0.15) is 0 Å². The van der Waals surface area contributed by atoms with Gasteiger partial charge in [0, 0.05) is 11.3 Å². The summed E-state index contributed by atoms with van der Waals surface area (Å²) in [7, 11) is 4.53. The molecule has 1 N–H and O–H groups in total. The summed E-state index contributed by atoms with van der Waals surface area (Å²) in [5.74, 6) is 0.793. The molecule has 0 heterocycles. The lowest BCUT2D eigenvalue weighted by atomic mass is 10.1. The molecule has 0 atom stereocenters. The Hall–Kier alpha value is -2.76. The minimum Gasteiger partial charge on any atom is -0.493 e. The Labute approximate surface area is 134 Å². The molecule has 0 aliphatic rings. The van der Waals surface area contributed by atoms with Gasteiger partial charge in [-0.25, -0.2) is 4.39 Å². The molecule has 0 saturated carbocycles. The molecule has 6 heteroatoms. The summed E-state index contributed by atoms with van der Waals surface area (Å²) in [5.41, 5.74) is 1.18. The number of ether oxygens (including phenoxy) is 3. The number of benzene rings is 2. The van der Waals surface area contributed by atoms with Crippen molar-refractivity contribution in [2.45, 2.75) is 6.42 Å². The van der Waals surface area contributed by atoms with Crippen LogP contribution in [0.2, 0.25) is 0 Å². The van der Waals surface area contributed by atoms with Gasteiger partial charge in [0.2, 0.25) is 11.7 Å². The molecular formula is C17H18FNO4. The quantitative estimate of drug-likeness (QED) is 0.889. The molecule has 2 aromatic rings. The van der Waals surface area contributed by atoms with E-state index in [-0.39, 0.29) is 18.1 Å². The second-order valence-electron chi connectivity index (χ2n) is 4.73. The molecule has 5 nitrogen and oxygen atoms in total. The zero-order chi connectivity index (χ0) is 16.8. The summed E-state index contributed by atoms with van der Waals surface area (Å²) < 4.78 is 28.7. The van der Waals surface area contributed by atoms with Crippen LogP contribution < -0.4 is 19.5 Å². The molecule has 1 amide bonds. The Morgan fingerprint density at radius 2 is 1.61 bits per heavy atom. The number of amides is 1. The Balaban J connectivity index is 2.18. The van der Waals surface area contributed by atoms with Crippen molar-refractivity contribution < 1.29 is 23.4 Å². The van der Waals surface area contributed by atoms with Gasteiger partial charge in [-0.05, 0) is 30.3 Å². The molecule has 0 aromatic heterocycles. The second-order valence-corrected chi connectivity index (χ2v) is 4.73. The topological polar surface area (TPSA) is 56.8 Å². The van der Waals surface area contributed by atoms with Crippen LogP contribution in [0.4, 0.5) is 10.1 Å². The van der Waals surface area contributed by atoms with Gasteiger partial charge in [0.1, 0.15) is 5.82 Å². The summed E-state index contributed by atoms with van der Waals surface area (Å²) in [6.07, 6.45) is 0.0842. The highest BCUT2D eigenvalue weighted by Crippen LogP contribution is 2.39. The van der Waals surface area contributed by atoms with E-state index in [9.17, 15) is 9.18 Å². The second kappa shape index (κ2) is 7.49. The van der Waals surface area contributed by atoms with Gasteiger partial charge in [0.05, 0.1) is 27.8 Å². The van der Waals surface area contributed by atoms with Crippen molar-refractivity contribution in [3.8, 4) is 17.2 Å². The van der Waals surface area contributed by atoms with Gasteiger partial charge in [0.25, 0.3) is 0 Å². The Morgan fingerprint density at radius 3 is 2.17 bits per heavy atom. The third kappa shape index (κ3) is 3.91. The maximum Gasteiger partial charge on any atom is 0.228 e. The third-order valence-corrected chi connectivity index (χ3v) is 3.26. The number of anilines is 1. The Morgan fingerprint density at radius 1 is 0.957 bits per heavy atom. The number of methoxy groups -OCH3 is 3. The SMILES string of the molecule is COc1ccc(CC(=O)Nc2ccc(F)cc2)c(OC)c1OC. The molecule has 0 saturated heterocycles. The summed E-state index contributed by atoms with van der Waals surface area (Å²) >= 11 is 0. The number of nitrogens with one attached hydrogen (secondary N) is 1. The lowest BCUT2D eigenvalue weighted by Gasteiger charge is -2.15. The average molecular weight is 319 g/mol. The van der Waals surface area contributed by atoms with Gasteiger partial charge in [-0.1, -0.05) is 6.07 Å². The number of carbonyl (C=O) groups excluding carboxylic acids is 1. The third-order valence-electron chi connectivity index (χ3n) is 3.26. The molecule has 2 rings (SSSR count). The molecule has 0 aliphatic carbocycles. The van der Waals surface area contributed by atoms with Crippen molar-refractivity contribution in [3.63, 3.8) is 0 Å². The normalized spacial score (nSPS) is 10.1. The maximum absolute atomic E-state index is 12.9. The summed E-state index contributed by atoms with van der Waals surface area (Å²) in [5, 5.41) is 2.70. The van der Waals surface area contributed by atoms with E-state index in [1.165, 1.54) is 45.6 Å². The predicted molar refractivity (Wildman–Crippen MR) is 84.8 cm³/mol. The summed E-state index contributed by atoms with van der Waals surface area (Å²) in [4.78, 5) is 12.2. The average Bonchev–Trinajstić information content (AvgIpc) is 2.56.